The Hall–Kier alpha value is -2.67. The summed E-state index contributed by atoms with van der Waals surface area (Å²) in [7, 11) is 1.89. The number of anilines is 1. The number of rotatable bonds is 6. The quantitative estimate of drug-likeness (QED) is 0.505. The Kier molecular flexibility index (Phi) is 5.05. The molecule has 0 saturated heterocycles. The van der Waals surface area contributed by atoms with Crippen LogP contribution in [0.25, 0.3) is 22.0 Å². The zero-order valence-electron chi connectivity index (χ0n) is 19.2. The summed E-state index contributed by atoms with van der Waals surface area (Å²) in [6, 6.07) is 9.95. The Morgan fingerprint density at radius 3 is 2.42 bits per heavy atom. The highest BCUT2D eigenvalue weighted by atomic mass is 32.1. The second-order valence-electron chi connectivity index (χ2n) is 10.2. The van der Waals surface area contributed by atoms with Crippen molar-refractivity contribution in [2.75, 3.05) is 11.9 Å². The molecule has 0 unspecified atom stereocenters. The SMILES string of the molecule is CCOc1ccc(-c2csc(-c3cc(NC(=O)C45CC6CC(CC(C6)C4)C5)n(C)n3)n2)cc1. The molecule has 2 aromatic heterocycles. The number of amides is 1. The van der Waals surface area contributed by atoms with Crippen molar-refractivity contribution < 1.29 is 9.53 Å². The maximum absolute atomic E-state index is 13.5. The minimum Gasteiger partial charge on any atom is -0.494 e. The van der Waals surface area contributed by atoms with Crippen molar-refractivity contribution in [3.05, 3.63) is 35.7 Å². The van der Waals surface area contributed by atoms with Gasteiger partial charge in [0.05, 0.1) is 17.7 Å². The highest BCUT2D eigenvalue weighted by Crippen LogP contribution is 2.60. The van der Waals surface area contributed by atoms with E-state index in [9.17, 15) is 4.79 Å². The minimum atomic E-state index is -0.165. The Morgan fingerprint density at radius 2 is 1.79 bits per heavy atom. The van der Waals surface area contributed by atoms with Gasteiger partial charge in [-0.1, -0.05) is 0 Å². The number of aryl methyl sites for hydroxylation is 1. The maximum atomic E-state index is 13.5. The molecule has 4 fully saturated rings. The Labute approximate surface area is 198 Å². The highest BCUT2D eigenvalue weighted by Gasteiger charge is 2.54. The van der Waals surface area contributed by atoms with Gasteiger partial charge >= 0.3 is 0 Å². The molecule has 0 atom stereocenters. The predicted octanol–water partition coefficient (Wildman–Crippen LogP) is 5.76. The molecule has 4 bridgehead atoms. The van der Waals surface area contributed by atoms with Crippen molar-refractivity contribution in [1.29, 1.82) is 0 Å². The highest BCUT2D eigenvalue weighted by molar-refractivity contribution is 7.13. The van der Waals surface area contributed by atoms with Gasteiger partial charge in [-0.2, -0.15) is 5.10 Å². The molecule has 4 saturated carbocycles. The Morgan fingerprint density at radius 1 is 1.12 bits per heavy atom. The Bertz CT molecular complexity index is 1140. The third-order valence-corrected chi connectivity index (χ3v) is 8.69. The summed E-state index contributed by atoms with van der Waals surface area (Å²) >= 11 is 1.57. The van der Waals surface area contributed by atoms with Crippen LogP contribution in [0.2, 0.25) is 0 Å². The van der Waals surface area contributed by atoms with Gasteiger partial charge in [-0.05, 0) is 87.5 Å². The lowest BCUT2D eigenvalue weighted by molar-refractivity contribution is -0.140. The van der Waals surface area contributed by atoms with Crippen LogP contribution in [-0.4, -0.2) is 27.3 Å². The average molecular weight is 463 g/mol. The van der Waals surface area contributed by atoms with E-state index in [0.29, 0.717) is 6.61 Å². The van der Waals surface area contributed by atoms with Gasteiger partial charge in [-0.15, -0.1) is 11.3 Å². The van der Waals surface area contributed by atoms with Crippen LogP contribution in [0, 0.1) is 23.2 Å². The monoisotopic (exact) mass is 462 g/mol. The van der Waals surface area contributed by atoms with Crippen LogP contribution in [0.3, 0.4) is 0 Å². The molecule has 6 nitrogen and oxygen atoms in total. The Balaban J connectivity index is 1.19. The molecule has 3 aromatic rings. The van der Waals surface area contributed by atoms with Gasteiger partial charge in [0, 0.05) is 24.1 Å². The third kappa shape index (κ3) is 3.76. The number of hydrogen-bond donors (Lipinski definition) is 1. The molecule has 33 heavy (non-hydrogen) atoms. The van der Waals surface area contributed by atoms with Gasteiger partial charge in [0.2, 0.25) is 5.91 Å². The van der Waals surface area contributed by atoms with Gasteiger partial charge < -0.3 is 10.1 Å². The minimum absolute atomic E-state index is 0.165. The van der Waals surface area contributed by atoms with Crippen LogP contribution in [-0.2, 0) is 11.8 Å². The largest absolute Gasteiger partial charge is 0.494 e. The van der Waals surface area contributed by atoms with Crippen LogP contribution < -0.4 is 10.1 Å². The number of ether oxygens (including phenoxy) is 1. The molecule has 4 aliphatic rings. The molecular weight excluding hydrogens is 432 g/mol. The first-order chi connectivity index (χ1) is 16.0. The molecule has 172 valence electrons. The van der Waals surface area contributed by atoms with E-state index in [1.165, 1.54) is 19.3 Å². The molecule has 1 amide bonds. The normalized spacial score (nSPS) is 27.6. The zero-order valence-corrected chi connectivity index (χ0v) is 20.0. The van der Waals surface area contributed by atoms with Crippen molar-refractivity contribution in [2.45, 2.75) is 45.4 Å². The lowest BCUT2D eigenvalue weighted by atomic mass is 9.49. The van der Waals surface area contributed by atoms with Crippen LogP contribution in [0.5, 0.6) is 5.75 Å². The number of benzene rings is 1. The molecule has 2 heterocycles. The van der Waals surface area contributed by atoms with Gasteiger partial charge in [0.15, 0.2) is 0 Å². The second-order valence-corrected chi connectivity index (χ2v) is 11.0. The predicted molar refractivity (Wildman–Crippen MR) is 130 cm³/mol. The van der Waals surface area contributed by atoms with Crippen LogP contribution in [0.1, 0.15) is 45.4 Å². The lowest BCUT2D eigenvalue weighted by Gasteiger charge is -2.55. The molecule has 7 heteroatoms. The van der Waals surface area contributed by atoms with Crippen molar-refractivity contribution in [3.8, 4) is 27.7 Å². The summed E-state index contributed by atoms with van der Waals surface area (Å²) in [6.45, 7) is 2.63. The van der Waals surface area contributed by atoms with E-state index in [-0.39, 0.29) is 11.3 Å². The summed E-state index contributed by atoms with van der Waals surface area (Å²) in [6.07, 6.45) is 7.20. The van der Waals surface area contributed by atoms with Crippen molar-refractivity contribution in [1.82, 2.24) is 14.8 Å². The zero-order chi connectivity index (χ0) is 22.6. The topological polar surface area (TPSA) is 69.0 Å². The van der Waals surface area contributed by atoms with E-state index in [4.69, 9.17) is 9.72 Å². The molecule has 0 spiro atoms. The van der Waals surface area contributed by atoms with Gasteiger partial charge in [0.1, 0.15) is 22.3 Å². The summed E-state index contributed by atoms with van der Waals surface area (Å²) < 4.78 is 7.30. The molecule has 0 radical (unpaired) electrons. The van der Waals surface area contributed by atoms with Crippen LogP contribution >= 0.6 is 11.3 Å². The molecule has 7 rings (SSSR count). The van der Waals surface area contributed by atoms with E-state index < -0.39 is 0 Å². The summed E-state index contributed by atoms with van der Waals surface area (Å²) in [5.41, 5.74) is 2.59. The number of nitrogens with zero attached hydrogens (tertiary/aromatic N) is 3. The van der Waals surface area contributed by atoms with E-state index in [1.807, 2.05) is 49.7 Å². The van der Waals surface area contributed by atoms with Crippen molar-refractivity contribution in [3.63, 3.8) is 0 Å². The first-order valence-corrected chi connectivity index (χ1v) is 12.9. The van der Waals surface area contributed by atoms with Crippen LogP contribution in [0.4, 0.5) is 5.82 Å². The molecule has 1 N–H and O–H groups in total. The fourth-order valence-corrected chi connectivity index (χ4v) is 7.52. The summed E-state index contributed by atoms with van der Waals surface area (Å²) in [5.74, 6) is 4.07. The second kappa shape index (κ2) is 7.97. The number of aromatic nitrogens is 3. The van der Waals surface area contributed by atoms with Gasteiger partial charge in [0.25, 0.3) is 0 Å². The first-order valence-electron chi connectivity index (χ1n) is 12.1. The fourth-order valence-electron chi connectivity index (χ4n) is 6.74. The average Bonchev–Trinajstić information content (AvgIpc) is 3.41. The van der Waals surface area contributed by atoms with E-state index in [0.717, 1.165) is 70.5 Å². The third-order valence-electron chi connectivity index (χ3n) is 7.83. The van der Waals surface area contributed by atoms with E-state index in [1.54, 1.807) is 16.0 Å². The lowest BCUT2D eigenvalue weighted by Crippen LogP contribution is -2.51. The number of nitrogens with one attached hydrogen (secondary N) is 1. The van der Waals surface area contributed by atoms with E-state index in [2.05, 4.69) is 10.4 Å². The maximum Gasteiger partial charge on any atom is 0.231 e. The molecule has 0 aliphatic heterocycles. The van der Waals surface area contributed by atoms with Gasteiger partial charge in [-0.25, -0.2) is 4.98 Å². The number of hydrogen-bond acceptors (Lipinski definition) is 5. The number of thiazole rings is 1. The van der Waals surface area contributed by atoms with Gasteiger partial charge in [-0.3, -0.25) is 9.48 Å². The number of carbonyl (C=O) groups excluding carboxylic acids is 1. The first kappa shape index (κ1) is 20.9. The standard InChI is InChI=1S/C26H30N4O2S/c1-3-32-20-6-4-19(5-7-20)22-15-33-24(27-22)21-11-23(30(2)29-21)28-25(31)26-12-16-8-17(13-26)10-18(9-16)14-26/h4-7,11,15-18H,3,8-10,12-14H2,1-2H3,(H,28,31). The van der Waals surface area contributed by atoms with Crippen LogP contribution in [0.15, 0.2) is 35.7 Å². The molecule has 4 aliphatic carbocycles. The smallest absolute Gasteiger partial charge is 0.231 e. The van der Waals surface area contributed by atoms with E-state index >= 15 is 0 Å². The fraction of sp³-hybridized carbons (Fsp3) is 0.500. The van der Waals surface area contributed by atoms with Crippen molar-refractivity contribution in [2.24, 2.45) is 30.2 Å². The molecular formula is C26H30N4O2S. The number of carbonyl (C=O) groups is 1. The molecule has 1 aromatic carbocycles. The summed E-state index contributed by atoms with van der Waals surface area (Å²) in [4.78, 5) is 18.3. The summed E-state index contributed by atoms with van der Waals surface area (Å²) in [5, 5.41) is 10.8. The van der Waals surface area contributed by atoms with Crippen molar-refractivity contribution >= 4 is 23.1 Å².